The van der Waals surface area contributed by atoms with Crippen molar-refractivity contribution in [2.75, 3.05) is 5.32 Å². The van der Waals surface area contributed by atoms with Crippen LogP contribution in [0.25, 0.3) is 0 Å². The molecule has 1 unspecified atom stereocenters. The van der Waals surface area contributed by atoms with E-state index in [0.717, 1.165) is 5.69 Å². The van der Waals surface area contributed by atoms with Crippen LogP contribution in [0.5, 0.6) is 0 Å². The Balaban J connectivity index is 2.20. The molecule has 0 fully saturated rings. The molecule has 100 valence electrons. The fourth-order valence-corrected chi connectivity index (χ4v) is 2.48. The first kappa shape index (κ1) is 14.5. The number of rotatable bonds is 3. The summed E-state index contributed by atoms with van der Waals surface area (Å²) in [6.07, 6.45) is 0. The summed E-state index contributed by atoms with van der Waals surface area (Å²) >= 11 is 6.34. The van der Waals surface area contributed by atoms with Crippen molar-refractivity contribution in [3.63, 3.8) is 0 Å². The highest BCUT2D eigenvalue weighted by Crippen LogP contribution is 2.26. The van der Waals surface area contributed by atoms with E-state index in [2.05, 4.69) is 37.2 Å². The summed E-state index contributed by atoms with van der Waals surface area (Å²) in [7, 11) is 0. The Morgan fingerprint density at radius 3 is 2.37 bits per heavy atom. The van der Waals surface area contributed by atoms with Gasteiger partial charge in [-0.25, -0.2) is 8.78 Å². The second-order valence-corrected chi connectivity index (χ2v) is 5.93. The molecular formula is C14H11Br2F2N. The lowest BCUT2D eigenvalue weighted by Gasteiger charge is -2.17. The van der Waals surface area contributed by atoms with E-state index in [9.17, 15) is 8.78 Å². The van der Waals surface area contributed by atoms with Gasteiger partial charge in [0.15, 0.2) is 0 Å². The summed E-state index contributed by atoms with van der Waals surface area (Å²) in [5, 5.41) is 3.13. The van der Waals surface area contributed by atoms with Crippen molar-refractivity contribution in [3.05, 3.63) is 62.5 Å². The molecule has 1 N–H and O–H groups in total. The molecule has 0 saturated heterocycles. The molecule has 0 heterocycles. The predicted molar refractivity (Wildman–Crippen MR) is 80.2 cm³/mol. The molecule has 0 aliphatic heterocycles. The minimum atomic E-state index is -0.326. The fraction of sp³-hybridized carbons (Fsp3) is 0.143. The lowest BCUT2D eigenvalue weighted by Crippen LogP contribution is -2.08. The van der Waals surface area contributed by atoms with Crippen LogP contribution in [0.3, 0.4) is 0 Å². The van der Waals surface area contributed by atoms with E-state index in [4.69, 9.17) is 0 Å². The minimum Gasteiger partial charge on any atom is -0.378 e. The Morgan fingerprint density at radius 1 is 1.00 bits per heavy atom. The quantitative estimate of drug-likeness (QED) is 0.712. The Hall–Kier alpha value is -0.940. The van der Waals surface area contributed by atoms with Crippen LogP contribution in [0.15, 0.2) is 45.3 Å². The number of benzene rings is 2. The van der Waals surface area contributed by atoms with Gasteiger partial charge in [0.1, 0.15) is 11.6 Å². The summed E-state index contributed by atoms with van der Waals surface area (Å²) < 4.78 is 28.0. The number of anilines is 1. The molecule has 19 heavy (non-hydrogen) atoms. The van der Waals surface area contributed by atoms with E-state index < -0.39 is 0 Å². The van der Waals surface area contributed by atoms with Crippen LogP contribution < -0.4 is 5.32 Å². The van der Waals surface area contributed by atoms with Gasteiger partial charge in [0, 0.05) is 15.7 Å². The summed E-state index contributed by atoms with van der Waals surface area (Å²) in [6, 6.07) is 9.32. The third-order valence-corrected chi connectivity index (χ3v) is 3.83. The number of halogens is 4. The van der Waals surface area contributed by atoms with Gasteiger partial charge in [-0.05, 0) is 53.2 Å². The third-order valence-electron chi connectivity index (χ3n) is 2.73. The maximum absolute atomic E-state index is 13.8. The van der Waals surface area contributed by atoms with Crippen molar-refractivity contribution in [2.24, 2.45) is 0 Å². The van der Waals surface area contributed by atoms with E-state index in [1.807, 2.05) is 6.92 Å². The first-order valence-corrected chi connectivity index (χ1v) is 7.22. The van der Waals surface area contributed by atoms with E-state index in [1.54, 1.807) is 24.3 Å². The highest BCUT2D eigenvalue weighted by atomic mass is 79.9. The van der Waals surface area contributed by atoms with Crippen LogP contribution in [-0.2, 0) is 0 Å². The van der Waals surface area contributed by atoms with Crippen LogP contribution >= 0.6 is 31.9 Å². The third kappa shape index (κ3) is 3.54. The van der Waals surface area contributed by atoms with Crippen molar-refractivity contribution in [1.82, 2.24) is 0 Å². The van der Waals surface area contributed by atoms with Crippen LogP contribution in [0.1, 0.15) is 18.5 Å². The molecule has 0 spiro atoms. The van der Waals surface area contributed by atoms with Gasteiger partial charge in [-0.15, -0.1) is 0 Å². The summed E-state index contributed by atoms with van der Waals surface area (Å²) in [6.45, 7) is 1.85. The molecule has 2 aromatic rings. The maximum atomic E-state index is 13.8. The maximum Gasteiger partial charge on any atom is 0.137 e. The van der Waals surface area contributed by atoms with Gasteiger partial charge in [0.2, 0.25) is 0 Å². The van der Waals surface area contributed by atoms with Gasteiger partial charge < -0.3 is 5.32 Å². The zero-order valence-electron chi connectivity index (χ0n) is 10.1. The highest BCUT2D eigenvalue weighted by molar-refractivity contribution is 9.10. The van der Waals surface area contributed by atoms with E-state index >= 15 is 0 Å². The molecule has 1 nitrogen and oxygen atoms in total. The molecule has 5 heteroatoms. The van der Waals surface area contributed by atoms with Gasteiger partial charge in [-0.3, -0.25) is 0 Å². The molecule has 0 aliphatic rings. The zero-order chi connectivity index (χ0) is 14.0. The smallest absolute Gasteiger partial charge is 0.137 e. The molecule has 0 aromatic heterocycles. The minimum absolute atomic E-state index is 0.217. The van der Waals surface area contributed by atoms with Gasteiger partial charge in [0.25, 0.3) is 0 Å². The van der Waals surface area contributed by atoms with Crippen molar-refractivity contribution in [3.8, 4) is 0 Å². The Labute approximate surface area is 127 Å². The fourth-order valence-electron chi connectivity index (χ4n) is 1.77. The van der Waals surface area contributed by atoms with Crippen LogP contribution in [0.2, 0.25) is 0 Å². The molecule has 0 bridgehead atoms. The Kier molecular flexibility index (Phi) is 4.58. The van der Waals surface area contributed by atoms with Crippen molar-refractivity contribution in [2.45, 2.75) is 13.0 Å². The molecule has 0 aliphatic carbocycles. The average Bonchev–Trinajstić information content (AvgIpc) is 2.33. The van der Waals surface area contributed by atoms with Gasteiger partial charge in [-0.2, -0.15) is 0 Å². The standard InChI is InChI=1S/C14H11Br2F2N/c1-8(11-4-2-9(15)6-14(11)18)19-10-3-5-13(17)12(16)7-10/h2-8,19H,1H3. The van der Waals surface area contributed by atoms with Gasteiger partial charge >= 0.3 is 0 Å². The van der Waals surface area contributed by atoms with Crippen LogP contribution in [0, 0.1) is 11.6 Å². The van der Waals surface area contributed by atoms with Crippen molar-refractivity contribution < 1.29 is 8.78 Å². The largest absolute Gasteiger partial charge is 0.378 e. The highest BCUT2D eigenvalue weighted by Gasteiger charge is 2.11. The van der Waals surface area contributed by atoms with E-state index in [-0.39, 0.29) is 17.7 Å². The predicted octanol–water partition coefficient (Wildman–Crippen LogP) is 5.66. The second kappa shape index (κ2) is 6.01. The first-order valence-electron chi connectivity index (χ1n) is 5.64. The SMILES string of the molecule is CC(Nc1ccc(F)c(Br)c1)c1ccc(Br)cc1F. The Morgan fingerprint density at radius 2 is 1.74 bits per heavy atom. The molecule has 0 radical (unpaired) electrons. The molecule has 2 rings (SSSR count). The van der Waals surface area contributed by atoms with Crippen LogP contribution in [0.4, 0.5) is 14.5 Å². The topological polar surface area (TPSA) is 12.0 Å². The Bertz CT molecular complexity index is 602. The first-order chi connectivity index (χ1) is 8.97. The molecule has 2 aromatic carbocycles. The van der Waals surface area contributed by atoms with Crippen LogP contribution in [-0.4, -0.2) is 0 Å². The van der Waals surface area contributed by atoms with Crippen molar-refractivity contribution >= 4 is 37.5 Å². The number of hydrogen-bond donors (Lipinski definition) is 1. The molecular weight excluding hydrogens is 380 g/mol. The second-order valence-electron chi connectivity index (χ2n) is 4.16. The number of hydrogen-bond acceptors (Lipinski definition) is 1. The zero-order valence-corrected chi connectivity index (χ0v) is 13.2. The lowest BCUT2D eigenvalue weighted by atomic mass is 10.1. The van der Waals surface area contributed by atoms with Crippen molar-refractivity contribution in [1.29, 1.82) is 0 Å². The normalized spacial score (nSPS) is 12.3. The average molecular weight is 391 g/mol. The van der Waals surface area contributed by atoms with E-state index in [1.165, 1.54) is 12.1 Å². The van der Waals surface area contributed by atoms with Gasteiger partial charge in [-0.1, -0.05) is 22.0 Å². The molecule has 1 atom stereocenters. The lowest BCUT2D eigenvalue weighted by molar-refractivity contribution is 0.599. The summed E-state index contributed by atoms with van der Waals surface area (Å²) in [5.74, 6) is -0.608. The van der Waals surface area contributed by atoms with E-state index in [0.29, 0.717) is 14.5 Å². The monoisotopic (exact) mass is 389 g/mol. The summed E-state index contributed by atoms with van der Waals surface area (Å²) in [4.78, 5) is 0. The number of nitrogens with one attached hydrogen (secondary N) is 1. The molecule has 0 saturated carbocycles. The molecule has 0 amide bonds. The van der Waals surface area contributed by atoms with Gasteiger partial charge in [0.05, 0.1) is 10.5 Å². The summed E-state index contributed by atoms with van der Waals surface area (Å²) in [5.41, 5.74) is 1.28.